The zero-order chi connectivity index (χ0) is 18.2. The highest BCUT2D eigenvalue weighted by atomic mass is 127. The molecule has 1 saturated heterocycles. The number of aromatic nitrogens is 2. The molecule has 27 heavy (non-hydrogen) atoms. The van der Waals surface area contributed by atoms with E-state index in [4.69, 9.17) is 0 Å². The summed E-state index contributed by atoms with van der Waals surface area (Å²) < 4.78 is 4.39. The molecule has 0 amide bonds. The summed E-state index contributed by atoms with van der Waals surface area (Å²) in [6.45, 7) is 6.88. The van der Waals surface area contributed by atoms with Gasteiger partial charge in [0.2, 0.25) is 5.13 Å². The Labute approximate surface area is 183 Å². The summed E-state index contributed by atoms with van der Waals surface area (Å²) >= 11 is 1.51. The van der Waals surface area contributed by atoms with Gasteiger partial charge in [0.25, 0.3) is 0 Å². The highest BCUT2D eigenvalue weighted by molar-refractivity contribution is 14.0. The van der Waals surface area contributed by atoms with Crippen LogP contribution in [0.4, 0.5) is 5.13 Å². The molecule has 0 saturated carbocycles. The van der Waals surface area contributed by atoms with Gasteiger partial charge in [-0.05, 0) is 18.4 Å². The number of guanidine groups is 1. The van der Waals surface area contributed by atoms with Gasteiger partial charge in [-0.3, -0.25) is 4.99 Å². The molecule has 8 heteroatoms. The van der Waals surface area contributed by atoms with E-state index < -0.39 is 0 Å². The van der Waals surface area contributed by atoms with Gasteiger partial charge in [0.15, 0.2) is 5.96 Å². The number of nitrogens with one attached hydrogen (secondary N) is 1. The van der Waals surface area contributed by atoms with Crippen LogP contribution in [0.2, 0.25) is 0 Å². The van der Waals surface area contributed by atoms with Gasteiger partial charge in [0, 0.05) is 57.7 Å². The fraction of sp³-hybridized carbons (Fsp3) is 0.526. The van der Waals surface area contributed by atoms with Crippen LogP contribution in [0.3, 0.4) is 0 Å². The number of aliphatic imine (C=N–C) groups is 1. The van der Waals surface area contributed by atoms with E-state index in [1.54, 1.807) is 0 Å². The van der Waals surface area contributed by atoms with E-state index in [2.05, 4.69) is 66.7 Å². The maximum absolute atomic E-state index is 4.60. The molecule has 3 rings (SSSR count). The molecular weight excluding hydrogens is 471 g/mol. The summed E-state index contributed by atoms with van der Waals surface area (Å²) in [4.78, 5) is 13.7. The molecule has 1 aliphatic rings. The number of aryl methyl sites for hydroxylation is 2. The van der Waals surface area contributed by atoms with Crippen molar-refractivity contribution in [3.8, 4) is 0 Å². The topological polar surface area (TPSA) is 56.7 Å². The van der Waals surface area contributed by atoms with Gasteiger partial charge in [0.05, 0.1) is 0 Å². The molecule has 2 aromatic rings. The third-order valence-corrected chi connectivity index (χ3v) is 5.42. The van der Waals surface area contributed by atoms with Crippen molar-refractivity contribution in [1.29, 1.82) is 0 Å². The van der Waals surface area contributed by atoms with E-state index in [-0.39, 0.29) is 24.0 Å². The van der Waals surface area contributed by atoms with Gasteiger partial charge in [-0.15, -0.1) is 24.0 Å². The largest absolute Gasteiger partial charge is 0.356 e. The summed E-state index contributed by atoms with van der Waals surface area (Å²) in [5, 5.41) is 4.56. The van der Waals surface area contributed by atoms with Crippen molar-refractivity contribution in [2.24, 2.45) is 4.99 Å². The highest BCUT2D eigenvalue weighted by Crippen LogP contribution is 2.19. The molecule has 0 aliphatic carbocycles. The van der Waals surface area contributed by atoms with Crippen LogP contribution in [0.15, 0.2) is 35.3 Å². The molecule has 1 aromatic carbocycles. The van der Waals surface area contributed by atoms with E-state index in [1.807, 2.05) is 7.05 Å². The van der Waals surface area contributed by atoms with E-state index in [0.29, 0.717) is 0 Å². The Balaban J connectivity index is 0.00000261. The quantitative estimate of drug-likeness (QED) is 0.286. The van der Waals surface area contributed by atoms with Gasteiger partial charge < -0.3 is 15.1 Å². The minimum atomic E-state index is 0. The second kappa shape index (κ2) is 11.4. The number of hydrogen-bond acceptors (Lipinski definition) is 5. The summed E-state index contributed by atoms with van der Waals surface area (Å²) in [6.07, 6.45) is 3.10. The number of nitrogens with zero attached hydrogens (tertiary/aromatic N) is 5. The Morgan fingerprint density at radius 1 is 1.19 bits per heavy atom. The second-order valence-corrected chi connectivity index (χ2v) is 7.11. The van der Waals surface area contributed by atoms with Crippen molar-refractivity contribution in [3.63, 3.8) is 0 Å². The van der Waals surface area contributed by atoms with Gasteiger partial charge in [-0.1, -0.05) is 37.3 Å². The molecule has 1 N–H and O–H groups in total. The van der Waals surface area contributed by atoms with Crippen LogP contribution in [0.1, 0.15) is 24.7 Å². The standard InChI is InChI=1S/C19H28N6S.HI/c1-3-17-22-19(26-23-17)25-14-12-24(13-15-25)18(20-2)21-11-7-10-16-8-5-4-6-9-16;/h4-6,8-9H,3,7,10-15H2,1-2H3,(H,20,21);1H. The normalized spacial score (nSPS) is 14.8. The number of anilines is 1. The van der Waals surface area contributed by atoms with Crippen LogP contribution >= 0.6 is 35.5 Å². The third kappa shape index (κ3) is 6.31. The molecule has 148 valence electrons. The molecule has 0 unspecified atom stereocenters. The molecule has 0 radical (unpaired) electrons. The molecule has 2 heterocycles. The Morgan fingerprint density at radius 2 is 1.93 bits per heavy atom. The predicted molar refractivity (Wildman–Crippen MR) is 125 cm³/mol. The summed E-state index contributed by atoms with van der Waals surface area (Å²) in [7, 11) is 1.87. The first-order valence-electron chi connectivity index (χ1n) is 9.37. The summed E-state index contributed by atoms with van der Waals surface area (Å²) in [6, 6.07) is 10.6. The smallest absolute Gasteiger partial charge is 0.205 e. The molecular formula is C19H29IN6S. The fourth-order valence-electron chi connectivity index (χ4n) is 3.10. The first-order chi connectivity index (χ1) is 12.8. The molecule has 6 nitrogen and oxygen atoms in total. The number of halogens is 1. The lowest BCUT2D eigenvalue weighted by Crippen LogP contribution is -2.52. The van der Waals surface area contributed by atoms with Crippen molar-refractivity contribution < 1.29 is 0 Å². The lowest BCUT2D eigenvalue weighted by atomic mass is 10.1. The first kappa shape index (κ1) is 21.9. The minimum absolute atomic E-state index is 0. The molecule has 0 spiro atoms. The predicted octanol–water partition coefficient (Wildman–Crippen LogP) is 3.05. The van der Waals surface area contributed by atoms with Crippen LogP contribution in [0.5, 0.6) is 0 Å². The van der Waals surface area contributed by atoms with Gasteiger partial charge in [-0.25, -0.2) is 4.98 Å². The molecule has 1 fully saturated rings. The molecule has 0 bridgehead atoms. The van der Waals surface area contributed by atoms with Crippen molar-refractivity contribution in [3.05, 3.63) is 41.7 Å². The van der Waals surface area contributed by atoms with E-state index in [0.717, 1.165) is 68.9 Å². The van der Waals surface area contributed by atoms with Gasteiger partial charge >= 0.3 is 0 Å². The number of hydrogen-bond donors (Lipinski definition) is 1. The van der Waals surface area contributed by atoms with E-state index in [1.165, 1.54) is 17.1 Å². The number of rotatable bonds is 6. The van der Waals surface area contributed by atoms with Crippen LogP contribution < -0.4 is 10.2 Å². The average Bonchev–Trinajstić information content (AvgIpc) is 3.18. The Bertz CT molecular complexity index is 697. The van der Waals surface area contributed by atoms with Crippen molar-refractivity contribution in [2.45, 2.75) is 26.2 Å². The highest BCUT2D eigenvalue weighted by Gasteiger charge is 2.21. The van der Waals surface area contributed by atoms with Gasteiger partial charge in [0.1, 0.15) is 5.82 Å². The fourth-order valence-corrected chi connectivity index (χ4v) is 3.90. The van der Waals surface area contributed by atoms with Crippen LogP contribution in [0.25, 0.3) is 0 Å². The first-order valence-corrected chi connectivity index (χ1v) is 10.1. The third-order valence-electron chi connectivity index (χ3n) is 4.60. The van der Waals surface area contributed by atoms with Crippen LogP contribution in [0, 0.1) is 0 Å². The Kier molecular flexibility index (Phi) is 9.26. The SMILES string of the molecule is CCc1nsc(N2CCN(C(=NC)NCCCc3ccccc3)CC2)n1.I. The monoisotopic (exact) mass is 500 g/mol. The molecule has 1 aromatic heterocycles. The van der Waals surface area contributed by atoms with Crippen molar-refractivity contribution in [2.75, 3.05) is 44.7 Å². The maximum Gasteiger partial charge on any atom is 0.205 e. The van der Waals surface area contributed by atoms with Gasteiger partial charge in [-0.2, -0.15) is 4.37 Å². The van der Waals surface area contributed by atoms with E-state index in [9.17, 15) is 0 Å². The zero-order valence-corrected chi connectivity index (χ0v) is 19.2. The summed E-state index contributed by atoms with van der Waals surface area (Å²) in [5.74, 6) is 1.95. The number of benzene rings is 1. The lowest BCUT2D eigenvalue weighted by molar-refractivity contribution is 0.372. The summed E-state index contributed by atoms with van der Waals surface area (Å²) in [5.41, 5.74) is 1.39. The van der Waals surface area contributed by atoms with Crippen molar-refractivity contribution in [1.82, 2.24) is 19.6 Å². The Hall–Kier alpha value is -1.42. The van der Waals surface area contributed by atoms with Crippen LogP contribution in [-0.2, 0) is 12.8 Å². The second-order valence-electron chi connectivity index (χ2n) is 6.38. The molecule has 1 aliphatic heterocycles. The minimum Gasteiger partial charge on any atom is -0.356 e. The lowest BCUT2D eigenvalue weighted by Gasteiger charge is -2.36. The number of piperazine rings is 1. The average molecular weight is 500 g/mol. The maximum atomic E-state index is 4.60. The Morgan fingerprint density at radius 3 is 2.56 bits per heavy atom. The zero-order valence-electron chi connectivity index (χ0n) is 16.1. The van der Waals surface area contributed by atoms with Crippen molar-refractivity contribution >= 4 is 46.6 Å². The molecule has 0 atom stereocenters. The van der Waals surface area contributed by atoms with E-state index >= 15 is 0 Å². The van der Waals surface area contributed by atoms with Crippen LogP contribution in [-0.4, -0.2) is 60.0 Å².